The van der Waals surface area contributed by atoms with Gasteiger partial charge in [0, 0.05) is 23.7 Å². The molecule has 0 N–H and O–H groups in total. The summed E-state index contributed by atoms with van der Waals surface area (Å²) in [7, 11) is 3.35. The van der Waals surface area contributed by atoms with Gasteiger partial charge in [0.15, 0.2) is 0 Å². The number of benzene rings is 3. The number of hydrogen-bond donors (Lipinski definition) is 0. The van der Waals surface area contributed by atoms with E-state index in [1.165, 1.54) is 32.4 Å². The average Bonchev–Trinajstić information content (AvgIpc) is 3.40. The minimum absolute atomic E-state index is 0.714. The van der Waals surface area contributed by atoms with Gasteiger partial charge in [-0.1, -0.05) is 12.5 Å². The maximum Gasteiger partial charge on any atom is 0.121 e. The fraction of sp³-hybridized carbons (Fsp3) is 0.300. The molecule has 1 fully saturated rings. The van der Waals surface area contributed by atoms with Gasteiger partial charge in [-0.2, -0.15) is 5.10 Å². The fourth-order valence-corrected chi connectivity index (χ4v) is 4.63. The Hall–Kier alpha value is -3.77. The van der Waals surface area contributed by atoms with Crippen LogP contribution in [0.1, 0.15) is 19.3 Å². The van der Waals surface area contributed by atoms with E-state index in [1.807, 2.05) is 53.2 Å². The van der Waals surface area contributed by atoms with Gasteiger partial charge in [0.2, 0.25) is 0 Å². The van der Waals surface area contributed by atoms with Crippen LogP contribution in [-0.4, -0.2) is 55.1 Å². The third kappa shape index (κ3) is 5.55. The standard InChI is InChI=1S/C30H33N3O3/c1-34-26-13-11-24(12-14-26)30-22-29(31-33(30)25-7-6-8-28(21-25)35-2)23-9-15-27(16-10-23)36-20-19-32-17-4-3-5-18-32/h6-16,21-22H,3-5,17-20H2,1-2H3. The molecule has 6 heteroatoms. The Morgan fingerprint density at radius 1 is 0.722 bits per heavy atom. The second-order valence-corrected chi connectivity index (χ2v) is 9.03. The normalized spacial score (nSPS) is 13.9. The van der Waals surface area contributed by atoms with Crippen LogP contribution in [-0.2, 0) is 0 Å². The molecule has 36 heavy (non-hydrogen) atoms. The van der Waals surface area contributed by atoms with Crippen molar-refractivity contribution in [3.63, 3.8) is 0 Å². The maximum absolute atomic E-state index is 6.02. The molecule has 0 aliphatic carbocycles. The van der Waals surface area contributed by atoms with Crippen molar-refractivity contribution in [2.45, 2.75) is 19.3 Å². The van der Waals surface area contributed by atoms with Crippen LogP contribution < -0.4 is 14.2 Å². The first-order valence-corrected chi connectivity index (χ1v) is 12.6. The number of likely N-dealkylation sites (tertiary alicyclic amines) is 1. The topological polar surface area (TPSA) is 48.8 Å². The van der Waals surface area contributed by atoms with Crippen molar-refractivity contribution in [1.82, 2.24) is 14.7 Å². The number of nitrogens with zero attached hydrogens (tertiary/aromatic N) is 3. The summed E-state index contributed by atoms with van der Waals surface area (Å²) in [5.41, 5.74) is 4.90. The van der Waals surface area contributed by atoms with Gasteiger partial charge in [0.25, 0.3) is 0 Å². The van der Waals surface area contributed by atoms with Crippen molar-refractivity contribution < 1.29 is 14.2 Å². The predicted molar refractivity (Wildman–Crippen MR) is 143 cm³/mol. The van der Waals surface area contributed by atoms with E-state index in [0.717, 1.165) is 52.0 Å². The summed E-state index contributed by atoms with van der Waals surface area (Å²) in [6.45, 7) is 4.08. The largest absolute Gasteiger partial charge is 0.497 e. The number of ether oxygens (including phenoxy) is 3. The molecule has 0 radical (unpaired) electrons. The molecular weight excluding hydrogens is 450 g/mol. The van der Waals surface area contributed by atoms with Gasteiger partial charge in [-0.25, -0.2) is 4.68 Å². The highest BCUT2D eigenvalue weighted by Gasteiger charge is 2.15. The van der Waals surface area contributed by atoms with Crippen molar-refractivity contribution >= 4 is 0 Å². The Labute approximate surface area is 213 Å². The smallest absolute Gasteiger partial charge is 0.121 e. The summed E-state index contributed by atoms with van der Waals surface area (Å²) in [6, 6.07) is 26.3. The minimum atomic E-state index is 0.714. The third-order valence-corrected chi connectivity index (χ3v) is 6.67. The highest BCUT2D eigenvalue weighted by atomic mass is 16.5. The monoisotopic (exact) mass is 483 g/mol. The van der Waals surface area contributed by atoms with E-state index in [0.29, 0.717) is 6.61 Å². The molecule has 5 rings (SSSR count). The Bertz CT molecular complexity index is 1260. The molecule has 186 valence electrons. The van der Waals surface area contributed by atoms with Gasteiger partial charge in [-0.3, -0.25) is 4.90 Å². The highest BCUT2D eigenvalue weighted by molar-refractivity contribution is 5.71. The second-order valence-electron chi connectivity index (χ2n) is 9.03. The molecule has 1 aromatic heterocycles. The van der Waals surface area contributed by atoms with Gasteiger partial charge in [0.1, 0.15) is 23.9 Å². The van der Waals surface area contributed by atoms with Crippen molar-refractivity contribution in [3.8, 4) is 45.5 Å². The van der Waals surface area contributed by atoms with Crippen LogP contribution >= 0.6 is 0 Å². The molecular formula is C30H33N3O3. The molecule has 1 aliphatic rings. The summed E-state index contributed by atoms with van der Waals surface area (Å²) in [5, 5.41) is 4.98. The zero-order valence-corrected chi connectivity index (χ0v) is 21.0. The average molecular weight is 484 g/mol. The molecule has 3 aromatic carbocycles. The van der Waals surface area contributed by atoms with Gasteiger partial charge in [-0.05, 0) is 92.7 Å². The number of hydrogen-bond acceptors (Lipinski definition) is 5. The van der Waals surface area contributed by atoms with Crippen molar-refractivity contribution in [2.75, 3.05) is 40.5 Å². The quantitative estimate of drug-likeness (QED) is 0.288. The van der Waals surface area contributed by atoms with Crippen LogP contribution in [0.4, 0.5) is 0 Å². The van der Waals surface area contributed by atoms with Crippen LogP contribution in [0.3, 0.4) is 0 Å². The van der Waals surface area contributed by atoms with E-state index in [-0.39, 0.29) is 0 Å². The lowest BCUT2D eigenvalue weighted by molar-refractivity contribution is 0.183. The highest BCUT2D eigenvalue weighted by Crippen LogP contribution is 2.31. The van der Waals surface area contributed by atoms with E-state index in [2.05, 4.69) is 35.2 Å². The van der Waals surface area contributed by atoms with Gasteiger partial charge < -0.3 is 14.2 Å². The molecule has 1 aliphatic heterocycles. The van der Waals surface area contributed by atoms with Gasteiger partial charge >= 0.3 is 0 Å². The first-order chi connectivity index (χ1) is 17.7. The molecule has 0 unspecified atom stereocenters. The Balaban J connectivity index is 1.39. The van der Waals surface area contributed by atoms with Crippen molar-refractivity contribution in [1.29, 1.82) is 0 Å². The second kappa shape index (κ2) is 11.3. The molecule has 0 spiro atoms. The Morgan fingerprint density at radius 3 is 2.14 bits per heavy atom. The SMILES string of the molecule is COc1ccc(-c2cc(-c3ccc(OCCN4CCCCC4)cc3)nn2-c2cccc(OC)c2)cc1. The lowest BCUT2D eigenvalue weighted by atomic mass is 10.1. The van der Waals surface area contributed by atoms with E-state index in [9.17, 15) is 0 Å². The summed E-state index contributed by atoms with van der Waals surface area (Å²) in [5.74, 6) is 2.50. The Morgan fingerprint density at radius 2 is 1.42 bits per heavy atom. The van der Waals surface area contributed by atoms with Crippen molar-refractivity contribution in [3.05, 3.63) is 78.9 Å². The summed E-state index contributed by atoms with van der Waals surface area (Å²) >= 11 is 0. The number of rotatable bonds is 9. The fourth-order valence-electron chi connectivity index (χ4n) is 4.63. The zero-order chi connectivity index (χ0) is 24.7. The summed E-state index contributed by atoms with van der Waals surface area (Å²) in [4.78, 5) is 2.49. The third-order valence-electron chi connectivity index (χ3n) is 6.67. The summed E-state index contributed by atoms with van der Waals surface area (Å²) in [6.07, 6.45) is 3.96. The minimum Gasteiger partial charge on any atom is -0.497 e. The lowest BCUT2D eigenvalue weighted by Gasteiger charge is -2.26. The van der Waals surface area contributed by atoms with Crippen LogP contribution in [0.5, 0.6) is 17.2 Å². The van der Waals surface area contributed by atoms with Crippen LogP contribution in [0.25, 0.3) is 28.2 Å². The van der Waals surface area contributed by atoms with E-state index in [4.69, 9.17) is 19.3 Å². The van der Waals surface area contributed by atoms with Crippen molar-refractivity contribution in [2.24, 2.45) is 0 Å². The lowest BCUT2D eigenvalue weighted by Crippen LogP contribution is -2.33. The maximum atomic E-state index is 6.02. The molecule has 6 nitrogen and oxygen atoms in total. The van der Waals surface area contributed by atoms with Gasteiger partial charge in [0.05, 0.1) is 31.3 Å². The molecule has 0 bridgehead atoms. The first-order valence-electron chi connectivity index (χ1n) is 12.6. The molecule has 2 heterocycles. The molecule has 0 saturated carbocycles. The molecule has 0 atom stereocenters. The number of piperidine rings is 1. The first kappa shape index (κ1) is 23.9. The van der Waals surface area contributed by atoms with E-state index >= 15 is 0 Å². The molecule has 0 amide bonds. The molecule has 1 saturated heterocycles. The van der Waals surface area contributed by atoms with Crippen LogP contribution in [0.15, 0.2) is 78.9 Å². The van der Waals surface area contributed by atoms with Crippen LogP contribution in [0.2, 0.25) is 0 Å². The predicted octanol–water partition coefficient (Wildman–Crippen LogP) is 6.09. The van der Waals surface area contributed by atoms with Crippen LogP contribution in [0, 0.1) is 0 Å². The number of aromatic nitrogens is 2. The van der Waals surface area contributed by atoms with E-state index in [1.54, 1.807) is 14.2 Å². The zero-order valence-electron chi connectivity index (χ0n) is 21.0. The molecule has 4 aromatic rings. The van der Waals surface area contributed by atoms with E-state index < -0.39 is 0 Å². The number of methoxy groups -OCH3 is 2. The Kier molecular flexibility index (Phi) is 7.52. The summed E-state index contributed by atoms with van der Waals surface area (Å²) < 4.78 is 18.8. The van der Waals surface area contributed by atoms with Gasteiger partial charge in [-0.15, -0.1) is 0 Å².